The summed E-state index contributed by atoms with van der Waals surface area (Å²) >= 11 is 0. The van der Waals surface area contributed by atoms with E-state index in [0.717, 1.165) is 18.5 Å². The second kappa shape index (κ2) is 8.08. The standard InChI is InChI=1S/C21H21F2N3O3/c1-28-19-11-14(4-9-18(19)23)21(27)25-10-2-3-15(12-25)20-13-26(24-29-20)17-7-5-16(22)6-8-17/h4-9,11,13,15,24H,2-3,10,12H2,1H3. The van der Waals surface area contributed by atoms with Gasteiger partial charge in [0.1, 0.15) is 11.6 Å². The number of nitrogens with one attached hydrogen (secondary N) is 1. The minimum atomic E-state index is -0.503. The van der Waals surface area contributed by atoms with Gasteiger partial charge in [-0.25, -0.2) is 13.8 Å². The number of amides is 1. The molecule has 0 aromatic heterocycles. The number of carbonyl (C=O) groups excluding carboxylic acids is 1. The summed E-state index contributed by atoms with van der Waals surface area (Å²) in [4.78, 5) is 20.2. The predicted octanol–water partition coefficient (Wildman–Crippen LogP) is 3.62. The Labute approximate surface area is 167 Å². The highest BCUT2D eigenvalue weighted by molar-refractivity contribution is 5.94. The average molecular weight is 401 g/mol. The van der Waals surface area contributed by atoms with E-state index >= 15 is 0 Å². The van der Waals surface area contributed by atoms with E-state index in [9.17, 15) is 13.6 Å². The Kier molecular flexibility index (Phi) is 5.35. The zero-order valence-electron chi connectivity index (χ0n) is 15.9. The SMILES string of the molecule is COc1cc(C(=O)N2CCCC(C3=CN(c4ccc(F)cc4)NO3)C2)ccc1F. The van der Waals surface area contributed by atoms with Crippen LogP contribution in [0.1, 0.15) is 23.2 Å². The molecule has 2 aliphatic rings. The zero-order valence-corrected chi connectivity index (χ0v) is 15.9. The summed E-state index contributed by atoms with van der Waals surface area (Å²) in [6.07, 6.45) is 3.51. The van der Waals surface area contributed by atoms with E-state index in [1.54, 1.807) is 22.0 Å². The van der Waals surface area contributed by atoms with Gasteiger partial charge < -0.3 is 14.5 Å². The number of hydrogen-bond acceptors (Lipinski definition) is 5. The molecule has 2 aromatic rings. The van der Waals surface area contributed by atoms with Gasteiger partial charge in [-0.15, -0.1) is 0 Å². The molecule has 0 aliphatic carbocycles. The van der Waals surface area contributed by atoms with E-state index < -0.39 is 5.82 Å². The van der Waals surface area contributed by atoms with Crippen LogP contribution in [0.3, 0.4) is 0 Å². The largest absolute Gasteiger partial charge is 0.494 e. The van der Waals surface area contributed by atoms with Crippen molar-refractivity contribution in [3.63, 3.8) is 0 Å². The molecule has 4 rings (SSSR count). The zero-order chi connectivity index (χ0) is 20.4. The fraction of sp³-hybridized carbons (Fsp3) is 0.286. The first kappa shape index (κ1) is 19.2. The summed E-state index contributed by atoms with van der Waals surface area (Å²) in [7, 11) is 1.37. The molecule has 152 valence electrons. The number of nitrogens with zero attached hydrogens (tertiary/aromatic N) is 2. The molecule has 1 fully saturated rings. The minimum Gasteiger partial charge on any atom is -0.494 e. The molecule has 1 amide bonds. The van der Waals surface area contributed by atoms with Gasteiger partial charge in [-0.3, -0.25) is 4.79 Å². The molecule has 8 heteroatoms. The lowest BCUT2D eigenvalue weighted by molar-refractivity contribution is 0.0577. The third-order valence-electron chi connectivity index (χ3n) is 5.13. The van der Waals surface area contributed by atoms with Crippen molar-refractivity contribution in [1.29, 1.82) is 0 Å². The van der Waals surface area contributed by atoms with Crippen molar-refractivity contribution in [2.45, 2.75) is 12.8 Å². The smallest absolute Gasteiger partial charge is 0.254 e. The molecule has 29 heavy (non-hydrogen) atoms. The summed E-state index contributed by atoms with van der Waals surface area (Å²) in [6, 6.07) is 10.2. The number of ether oxygens (including phenoxy) is 1. The highest BCUT2D eigenvalue weighted by Gasteiger charge is 2.31. The number of hydrogen-bond donors (Lipinski definition) is 1. The molecule has 0 radical (unpaired) electrons. The van der Waals surface area contributed by atoms with Crippen LogP contribution < -0.4 is 15.3 Å². The molecule has 6 nitrogen and oxygen atoms in total. The maximum absolute atomic E-state index is 13.6. The normalized spacial score (nSPS) is 19.0. The lowest BCUT2D eigenvalue weighted by Gasteiger charge is -2.32. The van der Waals surface area contributed by atoms with Crippen molar-refractivity contribution in [3.8, 4) is 5.75 Å². The molecule has 1 unspecified atom stereocenters. The maximum Gasteiger partial charge on any atom is 0.254 e. The summed E-state index contributed by atoms with van der Waals surface area (Å²) in [5.41, 5.74) is 3.92. The van der Waals surface area contributed by atoms with Crippen molar-refractivity contribution in [1.82, 2.24) is 10.5 Å². The number of benzene rings is 2. The molecular weight excluding hydrogens is 380 g/mol. The van der Waals surface area contributed by atoms with Gasteiger partial charge in [0.15, 0.2) is 11.6 Å². The third kappa shape index (κ3) is 4.02. The number of carbonyl (C=O) groups is 1. The van der Waals surface area contributed by atoms with Crippen molar-refractivity contribution in [2.75, 3.05) is 25.2 Å². The number of anilines is 1. The maximum atomic E-state index is 13.6. The summed E-state index contributed by atoms with van der Waals surface area (Å²) in [6.45, 7) is 1.11. The van der Waals surface area contributed by atoms with Crippen LogP contribution in [0.4, 0.5) is 14.5 Å². The number of rotatable bonds is 4. The topological polar surface area (TPSA) is 54.0 Å². The van der Waals surface area contributed by atoms with Crippen LogP contribution in [0.2, 0.25) is 0 Å². The molecule has 1 N–H and O–H groups in total. The molecule has 0 spiro atoms. The molecule has 0 saturated carbocycles. The lowest BCUT2D eigenvalue weighted by atomic mass is 9.95. The van der Waals surface area contributed by atoms with Crippen LogP contribution in [-0.2, 0) is 4.84 Å². The van der Waals surface area contributed by atoms with Crippen molar-refractivity contribution in [3.05, 3.63) is 71.6 Å². The Morgan fingerprint density at radius 2 is 2.00 bits per heavy atom. The molecule has 1 atom stereocenters. The van der Waals surface area contributed by atoms with E-state index in [4.69, 9.17) is 9.57 Å². The molecule has 2 aromatic carbocycles. The van der Waals surface area contributed by atoms with E-state index in [1.165, 1.54) is 37.4 Å². The predicted molar refractivity (Wildman–Crippen MR) is 103 cm³/mol. The average Bonchev–Trinajstić information content (AvgIpc) is 3.24. The molecule has 2 aliphatic heterocycles. The molecule has 0 bridgehead atoms. The van der Waals surface area contributed by atoms with Gasteiger partial charge in [0.25, 0.3) is 5.91 Å². The third-order valence-corrected chi connectivity index (χ3v) is 5.13. The highest BCUT2D eigenvalue weighted by Crippen LogP contribution is 2.29. The fourth-order valence-electron chi connectivity index (χ4n) is 3.57. The van der Waals surface area contributed by atoms with Crippen LogP contribution in [0.25, 0.3) is 0 Å². The Bertz CT molecular complexity index is 933. The summed E-state index contributed by atoms with van der Waals surface area (Å²) < 4.78 is 31.7. The molecular formula is C21H21F2N3O3. The van der Waals surface area contributed by atoms with Crippen LogP contribution in [-0.4, -0.2) is 31.0 Å². The van der Waals surface area contributed by atoms with Crippen LogP contribution in [0.5, 0.6) is 5.75 Å². The van der Waals surface area contributed by atoms with Crippen molar-refractivity contribution < 1.29 is 23.1 Å². The monoisotopic (exact) mass is 401 g/mol. The number of halogens is 2. The van der Waals surface area contributed by atoms with Crippen LogP contribution in [0.15, 0.2) is 54.4 Å². The Balaban J connectivity index is 1.46. The van der Waals surface area contributed by atoms with E-state index in [1.807, 2.05) is 6.20 Å². The lowest BCUT2D eigenvalue weighted by Crippen LogP contribution is -2.40. The highest BCUT2D eigenvalue weighted by atomic mass is 19.1. The first-order valence-corrected chi connectivity index (χ1v) is 9.37. The van der Waals surface area contributed by atoms with Crippen molar-refractivity contribution >= 4 is 11.6 Å². The quantitative estimate of drug-likeness (QED) is 0.848. The van der Waals surface area contributed by atoms with E-state index in [2.05, 4.69) is 5.59 Å². The fourth-order valence-corrected chi connectivity index (χ4v) is 3.57. The second-order valence-electron chi connectivity index (χ2n) is 7.01. The Morgan fingerprint density at radius 1 is 1.21 bits per heavy atom. The van der Waals surface area contributed by atoms with Gasteiger partial charge >= 0.3 is 0 Å². The summed E-state index contributed by atoms with van der Waals surface area (Å²) in [5.74, 6) is -0.203. The van der Waals surface area contributed by atoms with Gasteiger partial charge in [-0.2, -0.15) is 0 Å². The van der Waals surface area contributed by atoms with E-state index in [0.29, 0.717) is 24.4 Å². The second-order valence-corrected chi connectivity index (χ2v) is 7.01. The Hall–Kier alpha value is -3.13. The van der Waals surface area contributed by atoms with Gasteiger partial charge in [0, 0.05) is 24.6 Å². The van der Waals surface area contributed by atoms with Crippen LogP contribution in [0, 0.1) is 17.6 Å². The first-order chi connectivity index (χ1) is 14.0. The number of piperidine rings is 1. The Morgan fingerprint density at radius 3 is 2.76 bits per heavy atom. The van der Waals surface area contributed by atoms with Gasteiger partial charge in [0.2, 0.25) is 0 Å². The number of likely N-dealkylation sites (tertiary alicyclic amines) is 1. The van der Waals surface area contributed by atoms with Crippen molar-refractivity contribution in [2.24, 2.45) is 5.92 Å². The molecule has 2 heterocycles. The van der Waals surface area contributed by atoms with Gasteiger partial charge in [-0.1, -0.05) is 5.59 Å². The summed E-state index contributed by atoms with van der Waals surface area (Å²) in [5, 5.41) is 1.67. The van der Waals surface area contributed by atoms with Gasteiger partial charge in [0.05, 0.1) is 19.0 Å². The number of methoxy groups -OCH3 is 1. The molecule has 1 saturated heterocycles. The van der Waals surface area contributed by atoms with Crippen LogP contribution >= 0.6 is 0 Å². The van der Waals surface area contributed by atoms with Gasteiger partial charge in [-0.05, 0) is 55.3 Å². The first-order valence-electron chi connectivity index (χ1n) is 9.37. The number of hydrazine groups is 1. The minimum absolute atomic E-state index is 0.0213. The van der Waals surface area contributed by atoms with E-state index in [-0.39, 0.29) is 23.4 Å².